The molecule has 2 aliphatic rings. The summed E-state index contributed by atoms with van der Waals surface area (Å²) in [4.78, 5) is 22.8. The molecule has 2 aliphatic heterocycles. The van der Waals surface area contributed by atoms with Crippen LogP contribution in [0.5, 0.6) is 11.5 Å². The molecule has 0 amide bonds. The van der Waals surface area contributed by atoms with Gasteiger partial charge in [-0.2, -0.15) is 0 Å². The number of ether oxygens (including phenoxy) is 2. The number of aryl methyl sites for hydroxylation is 1. The highest BCUT2D eigenvalue weighted by Crippen LogP contribution is 2.39. The maximum absolute atomic E-state index is 11.8. The molecule has 7 nitrogen and oxygen atoms in total. The molecule has 4 rings (SSSR count). The van der Waals surface area contributed by atoms with Gasteiger partial charge in [-0.15, -0.1) is 0 Å². The Bertz CT molecular complexity index is 824. The molecule has 0 saturated carbocycles. The summed E-state index contributed by atoms with van der Waals surface area (Å²) in [5, 5.41) is 9.71. The first-order chi connectivity index (χ1) is 13.1. The molecule has 0 aliphatic carbocycles. The van der Waals surface area contributed by atoms with Gasteiger partial charge in [-0.1, -0.05) is 13.0 Å². The predicted octanol–water partition coefficient (Wildman–Crippen LogP) is 2.46. The van der Waals surface area contributed by atoms with Crippen LogP contribution < -0.4 is 9.47 Å². The highest BCUT2D eigenvalue weighted by atomic mass is 16.7. The summed E-state index contributed by atoms with van der Waals surface area (Å²) in [7, 11) is 0. The minimum Gasteiger partial charge on any atom is -0.481 e. The Labute approximate surface area is 158 Å². The van der Waals surface area contributed by atoms with E-state index in [-0.39, 0.29) is 12.7 Å². The molecule has 0 spiro atoms. The lowest BCUT2D eigenvalue weighted by Gasteiger charge is -2.16. The summed E-state index contributed by atoms with van der Waals surface area (Å²) in [6.07, 6.45) is 5.59. The quantitative estimate of drug-likeness (QED) is 0.837. The minimum atomic E-state index is -0.769. The van der Waals surface area contributed by atoms with E-state index < -0.39 is 11.9 Å². The van der Waals surface area contributed by atoms with E-state index >= 15 is 0 Å². The smallest absolute Gasteiger partial charge is 0.308 e. The Morgan fingerprint density at radius 1 is 1.22 bits per heavy atom. The third kappa shape index (κ3) is 3.73. The molecular formula is C20H23N3O4. The molecule has 27 heavy (non-hydrogen) atoms. The fourth-order valence-corrected chi connectivity index (χ4v) is 3.82. The van der Waals surface area contributed by atoms with Crippen LogP contribution in [0.4, 0.5) is 0 Å². The van der Waals surface area contributed by atoms with Gasteiger partial charge < -0.3 is 14.6 Å². The molecule has 1 saturated heterocycles. The van der Waals surface area contributed by atoms with Crippen LogP contribution in [-0.2, 0) is 17.8 Å². The number of nitrogens with zero attached hydrogens (tertiary/aromatic N) is 3. The fourth-order valence-electron chi connectivity index (χ4n) is 3.82. The number of rotatable bonds is 6. The molecule has 1 aromatic carbocycles. The zero-order valence-corrected chi connectivity index (χ0v) is 15.3. The number of carboxylic acids is 1. The lowest BCUT2D eigenvalue weighted by molar-refractivity contribution is -0.141. The van der Waals surface area contributed by atoms with E-state index in [1.165, 1.54) is 0 Å². The highest BCUT2D eigenvalue weighted by Gasteiger charge is 2.39. The van der Waals surface area contributed by atoms with Gasteiger partial charge in [0, 0.05) is 49.9 Å². The Hall–Kier alpha value is -2.67. The van der Waals surface area contributed by atoms with E-state index in [2.05, 4.69) is 21.8 Å². The standard InChI is InChI=1S/C20H23N3O4/c1-2-3-19-21-7-13(8-22-19)9-23-10-15(16(11-23)20(24)25)14-4-5-17-18(6-14)27-12-26-17/h4-8,15-16H,2-3,9-12H2,1H3,(H,24,25)/t15-,16+/m0/s1. The van der Waals surface area contributed by atoms with Crippen molar-refractivity contribution in [3.63, 3.8) is 0 Å². The van der Waals surface area contributed by atoms with Crippen LogP contribution >= 0.6 is 0 Å². The van der Waals surface area contributed by atoms with Crippen LogP contribution in [0.1, 0.15) is 36.2 Å². The molecule has 1 N–H and O–H groups in total. The van der Waals surface area contributed by atoms with Gasteiger partial charge in [-0.3, -0.25) is 9.69 Å². The Morgan fingerprint density at radius 3 is 2.74 bits per heavy atom. The minimum absolute atomic E-state index is 0.0858. The van der Waals surface area contributed by atoms with E-state index in [0.29, 0.717) is 31.1 Å². The van der Waals surface area contributed by atoms with Crippen molar-refractivity contribution in [3.05, 3.63) is 47.5 Å². The van der Waals surface area contributed by atoms with Crippen molar-refractivity contribution in [1.82, 2.24) is 14.9 Å². The van der Waals surface area contributed by atoms with Crippen LogP contribution in [0, 0.1) is 5.92 Å². The summed E-state index contributed by atoms with van der Waals surface area (Å²) >= 11 is 0. The van der Waals surface area contributed by atoms with Crippen LogP contribution in [0.25, 0.3) is 0 Å². The number of hydrogen-bond donors (Lipinski definition) is 1. The van der Waals surface area contributed by atoms with Crippen molar-refractivity contribution in [3.8, 4) is 11.5 Å². The third-order valence-electron chi connectivity index (χ3n) is 5.18. The van der Waals surface area contributed by atoms with Crippen LogP contribution in [-0.4, -0.2) is 45.8 Å². The molecule has 142 valence electrons. The molecular weight excluding hydrogens is 346 g/mol. The molecule has 0 bridgehead atoms. The van der Waals surface area contributed by atoms with Crippen molar-refractivity contribution in [1.29, 1.82) is 0 Å². The largest absolute Gasteiger partial charge is 0.481 e. The third-order valence-corrected chi connectivity index (χ3v) is 5.18. The van der Waals surface area contributed by atoms with Crippen molar-refractivity contribution in [2.24, 2.45) is 5.92 Å². The average molecular weight is 369 g/mol. The van der Waals surface area contributed by atoms with Gasteiger partial charge in [0.05, 0.1) is 5.92 Å². The van der Waals surface area contributed by atoms with Crippen LogP contribution in [0.2, 0.25) is 0 Å². The molecule has 3 heterocycles. The maximum atomic E-state index is 11.8. The molecule has 2 atom stereocenters. The van der Waals surface area contributed by atoms with Gasteiger partial charge in [-0.05, 0) is 24.1 Å². The number of aromatic nitrogens is 2. The summed E-state index contributed by atoms with van der Waals surface area (Å²) < 4.78 is 10.8. The van der Waals surface area contributed by atoms with Gasteiger partial charge in [-0.25, -0.2) is 9.97 Å². The van der Waals surface area contributed by atoms with Crippen LogP contribution in [0.15, 0.2) is 30.6 Å². The zero-order chi connectivity index (χ0) is 18.8. The number of likely N-dealkylation sites (tertiary alicyclic amines) is 1. The Balaban J connectivity index is 1.49. The Morgan fingerprint density at radius 2 is 2.00 bits per heavy atom. The van der Waals surface area contributed by atoms with Gasteiger partial charge in [0.25, 0.3) is 0 Å². The number of carboxylic acid groups (broad SMARTS) is 1. The number of hydrogen-bond acceptors (Lipinski definition) is 6. The van der Waals surface area contributed by atoms with E-state index in [4.69, 9.17) is 9.47 Å². The summed E-state index contributed by atoms with van der Waals surface area (Å²) in [5.74, 6) is 0.946. The predicted molar refractivity (Wildman–Crippen MR) is 97.7 cm³/mol. The molecule has 2 aromatic rings. The van der Waals surface area contributed by atoms with Crippen molar-refractivity contribution in [2.45, 2.75) is 32.2 Å². The van der Waals surface area contributed by atoms with Gasteiger partial charge in [0.2, 0.25) is 6.79 Å². The van der Waals surface area contributed by atoms with E-state index in [1.807, 2.05) is 30.6 Å². The van der Waals surface area contributed by atoms with Gasteiger partial charge in [0.1, 0.15) is 5.82 Å². The molecule has 1 fully saturated rings. The summed E-state index contributed by atoms with van der Waals surface area (Å²) in [6.45, 7) is 4.14. The lowest BCUT2D eigenvalue weighted by atomic mass is 9.89. The lowest BCUT2D eigenvalue weighted by Crippen LogP contribution is -2.23. The zero-order valence-electron chi connectivity index (χ0n) is 15.3. The topological polar surface area (TPSA) is 84.8 Å². The highest BCUT2D eigenvalue weighted by molar-refractivity contribution is 5.72. The molecule has 0 radical (unpaired) electrons. The van der Waals surface area contributed by atoms with E-state index in [0.717, 1.165) is 29.8 Å². The van der Waals surface area contributed by atoms with Crippen LogP contribution in [0.3, 0.4) is 0 Å². The summed E-state index contributed by atoms with van der Waals surface area (Å²) in [6, 6.07) is 5.72. The number of benzene rings is 1. The van der Waals surface area contributed by atoms with Crippen molar-refractivity contribution in [2.75, 3.05) is 19.9 Å². The normalized spacial score (nSPS) is 21.5. The van der Waals surface area contributed by atoms with E-state index in [9.17, 15) is 9.90 Å². The van der Waals surface area contributed by atoms with Gasteiger partial charge in [0.15, 0.2) is 11.5 Å². The second kappa shape index (κ2) is 7.52. The fraction of sp³-hybridized carbons (Fsp3) is 0.450. The molecule has 1 aromatic heterocycles. The summed E-state index contributed by atoms with van der Waals surface area (Å²) in [5.41, 5.74) is 1.98. The average Bonchev–Trinajstić information content (AvgIpc) is 3.29. The second-order valence-electron chi connectivity index (χ2n) is 7.12. The Kier molecular flexibility index (Phi) is 4.94. The first-order valence-electron chi connectivity index (χ1n) is 9.28. The number of aliphatic carboxylic acids is 1. The number of carbonyl (C=O) groups is 1. The van der Waals surface area contributed by atoms with Gasteiger partial charge >= 0.3 is 5.97 Å². The molecule has 0 unspecified atom stereocenters. The SMILES string of the molecule is CCCc1ncc(CN2C[C@@H](C(=O)O)[C@H](c3ccc4c(c3)OCO4)C2)cn1. The number of fused-ring (bicyclic) bond motifs is 1. The maximum Gasteiger partial charge on any atom is 0.308 e. The van der Waals surface area contributed by atoms with Crippen molar-refractivity contribution >= 4 is 5.97 Å². The monoisotopic (exact) mass is 369 g/mol. The van der Waals surface area contributed by atoms with Crippen molar-refractivity contribution < 1.29 is 19.4 Å². The first kappa shape index (κ1) is 17.7. The second-order valence-corrected chi connectivity index (χ2v) is 7.12. The first-order valence-corrected chi connectivity index (χ1v) is 9.28. The van der Waals surface area contributed by atoms with E-state index in [1.54, 1.807) is 0 Å². The molecule has 7 heteroatoms.